The first-order valence-corrected chi connectivity index (χ1v) is 6.29. The van der Waals surface area contributed by atoms with Crippen molar-refractivity contribution < 1.29 is 4.79 Å². The molecule has 1 fully saturated rings. The fourth-order valence-corrected chi connectivity index (χ4v) is 2.42. The van der Waals surface area contributed by atoms with E-state index in [1.54, 1.807) is 0 Å². The number of amides is 1. The number of carbonyl (C=O) groups is 1. The van der Waals surface area contributed by atoms with E-state index < -0.39 is 0 Å². The maximum absolute atomic E-state index is 11.8. The molecule has 0 bridgehead atoms. The normalized spacial score (nSPS) is 18.9. The lowest BCUT2D eigenvalue weighted by atomic mass is 9.88. The molecule has 0 unspecified atom stereocenters. The second-order valence-electron chi connectivity index (χ2n) is 5.55. The molecule has 0 saturated carbocycles. The molecule has 1 heterocycles. The van der Waals surface area contributed by atoms with Gasteiger partial charge < -0.3 is 4.90 Å². The van der Waals surface area contributed by atoms with E-state index in [4.69, 9.17) is 0 Å². The summed E-state index contributed by atoms with van der Waals surface area (Å²) < 4.78 is 0. The molecule has 1 aliphatic heterocycles. The quantitative estimate of drug-likeness (QED) is 0.703. The molecule has 2 heteroatoms. The Morgan fingerprint density at radius 3 is 2.13 bits per heavy atom. The first-order chi connectivity index (χ1) is 7.00. The average molecular weight is 211 g/mol. The van der Waals surface area contributed by atoms with E-state index in [9.17, 15) is 4.79 Å². The molecule has 1 rings (SSSR count). The van der Waals surface area contributed by atoms with Crippen LogP contribution in [0.2, 0.25) is 0 Å². The number of nitrogens with zero attached hydrogens (tertiary/aromatic N) is 1. The number of rotatable bonds is 3. The van der Waals surface area contributed by atoms with Gasteiger partial charge >= 0.3 is 0 Å². The first-order valence-electron chi connectivity index (χ1n) is 6.29. The topological polar surface area (TPSA) is 20.3 Å². The van der Waals surface area contributed by atoms with Gasteiger partial charge in [0, 0.05) is 19.0 Å². The summed E-state index contributed by atoms with van der Waals surface area (Å²) in [5, 5.41) is 0. The van der Waals surface area contributed by atoms with E-state index >= 15 is 0 Å². The van der Waals surface area contributed by atoms with Crippen LogP contribution in [0.5, 0.6) is 0 Å². The predicted octanol–water partition coefficient (Wildman–Crippen LogP) is 2.93. The standard InChI is InChI=1S/C13H25NO/c1-10(2)9-12-5-7-14(8-6-12)13(15)11(3)4/h10-12H,5-9H2,1-4H3. The van der Waals surface area contributed by atoms with Crippen molar-refractivity contribution in [1.82, 2.24) is 4.90 Å². The minimum Gasteiger partial charge on any atom is -0.342 e. The summed E-state index contributed by atoms with van der Waals surface area (Å²) in [4.78, 5) is 13.8. The highest BCUT2D eigenvalue weighted by molar-refractivity contribution is 5.78. The van der Waals surface area contributed by atoms with Gasteiger partial charge in [-0.2, -0.15) is 0 Å². The minimum atomic E-state index is 0.159. The van der Waals surface area contributed by atoms with E-state index in [0.29, 0.717) is 5.91 Å². The van der Waals surface area contributed by atoms with Crippen molar-refractivity contribution in [2.45, 2.75) is 47.0 Å². The lowest BCUT2D eigenvalue weighted by molar-refractivity contribution is -0.135. The van der Waals surface area contributed by atoms with E-state index in [0.717, 1.165) is 24.9 Å². The zero-order valence-corrected chi connectivity index (χ0v) is 10.6. The van der Waals surface area contributed by atoms with E-state index in [2.05, 4.69) is 13.8 Å². The third-order valence-corrected chi connectivity index (χ3v) is 3.22. The summed E-state index contributed by atoms with van der Waals surface area (Å²) in [6.45, 7) is 10.5. The van der Waals surface area contributed by atoms with Crippen molar-refractivity contribution in [3.63, 3.8) is 0 Å². The van der Waals surface area contributed by atoms with Crippen LogP contribution in [0.25, 0.3) is 0 Å². The van der Waals surface area contributed by atoms with Crippen LogP contribution in [0, 0.1) is 17.8 Å². The fraction of sp³-hybridized carbons (Fsp3) is 0.923. The molecule has 1 amide bonds. The summed E-state index contributed by atoms with van der Waals surface area (Å²) in [6, 6.07) is 0. The number of hydrogen-bond donors (Lipinski definition) is 0. The maximum Gasteiger partial charge on any atom is 0.225 e. The van der Waals surface area contributed by atoms with Crippen molar-refractivity contribution in [1.29, 1.82) is 0 Å². The number of carbonyl (C=O) groups excluding carboxylic acids is 1. The Morgan fingerprint density at radius 2 is 1.73 bits per heavy atom. The molecule has 0 aliphatic carbocycles. The van der Waals surface area contributed by atoms with Crippen molar-refractivity contribution >= 4 is 5.91 Å². The second kappa shape index (κ2) is 5.53. The molecule has 1 aliphatic rings. The monoisotopic (exact) mass is 211 g/mol. The first kappa shape index (κ1) is 12.5. The Morgan fingerprint density at radius 1 is 1.20 bits per heavy atom. The van der Waals surface area contributed by atoms with Crippen LogP contribution in [0.15, 0.2) is 0 Å². The average Bonchev–Trinajstić information content (AvgIpc) is 2.17. The Kier molecular flexibility index (Phi) is 4.62. The van der Waals surface area contributed by atoms with E-state index in [1.165, 1.54) is 19.3 Å². The minimum absolute atomic E-state index is 0.159. The Balaban J connectivity index is 2.32. The lowest BCUT2D eigenvalue weighted by Gasteiger charge is -2.33. The van der Waals surface area contributed by atoms with Crippen molar-refractivity contribution in [2.24, 2.45) is 17.8 Å². The molecule has 0 N–H and O–H groups in total. The van der Waals surface area contributed by atoms with Gasteiger partial charge in [0.25, 0.3) is 0 Å². The molecule has 0 radical (unpaired) electrons. The van der Waals surface area contributed by atoms with Crippen LogP contribution >= 0.6 is 0 Å². The fourth-order valence-electron chi connectivity index (χ4n) is 2.42. The van der Waals surface area contributed by atoms with Gasteiger partial charge in [-0.25, -0.2) is 0 Å². The summed E-state index contributed by atoms with van der Waals surface area (Å²) in [6.07, 6.45) is 3.73. The highest BCUT2D eigenvalue weighted by atomic mass is 16.2. The third kappa shape index (κ3) is 3.84. The highest BCUT2D eigenvalue weighted by Gasteiger charge is 2.24. The largest absolute Gasteiger partial charge is 0.342 e. The second-order valence-corrected chi connectivity index (χ2v) is 5.55. The summed E-state index contributed by atoms with van der Waals surface area (Å²) in [7, 11) is 0. The predicted molar refractivity (Wildman–Crippen MR) is 63.6 cm³/mol. The van der Waals surface area contributed by atoms with Crippen LogP contribution < -0.4 is 0 Å². The van der Waals surface area contributed by atoms with Crippen molar-refractivity contribution in [3.05, 3.63) is 0 Å². The van der Waals surface area contributed by atoms with E-state index in [1.807, 2.05) is 18.7 Å². The molecule has 0 aromatic rings. The zero-order valence-electron chi connectivity index (χ0n) is 10.6. The molecule has 88 valence electrons. The summed E-state index contributed by atoms with van der Waals surface area (Å²) in [5.41, 5.74) is 0. The smallest absolute Gasteiger partial charge is 0.225 e. The van der Waals surface area contributed by atoms with Gasteiger partial charge in [-0.05, 0) is 31.1 Å². The molecule has 0 spiro atoms. The molecule has 2 nitrogen and oxygen atoms in total. The van der Waals surface area contributed by atoms with Gasteiger partial charge in [0.05, 0.1) is 0 Å². The highest BCUT2D eigenvalue weighted by Crippen LogP contribution is 2.24. The van der Waals surface area contributed by atoms with Crippen LogP contribution in [0.1, 0.15) is 47.0 Å². The van der Waals surface area contributed by atoms with Gasteiger partial charge in [0.2, 0.25) is 5.91 Å². The summed E-state index contributed by atoms with van der Waals surface area (Å²) in [5.74, 6) is 2.13. The molecule has 0 aromatic heterocycles. The molecule has 15 heavy (non-hydrogen) atoms. The molecular weight excluding hydrogens is 186 g/mol. The Labute approximate surface area is 94.0 Å². The van der Waals surface area contributed by atoms with Crippen molar-refractivity contribution in [2.75, 3.05) is 13.1 Å². The summed E-state index contributed by atoms with van der Waals surface area (Å²) >= 11 is 0. The molecule has 0 atom stereocenters. The molecule has 1 saturated heterocycles. The number of likely N-dealkylation sites (tertiary alicyclic amines) is 1. The Hall–Kier alpha value is -0.530. The van der Waals surface area contributed by atoms with Gasteiger partial charge in [-0.1, -0.05) is 27.7 Å². The maximum atomic E-state index is 11.8. The van der Waals surface area contributed by atoms with Gasteiger partial charge in [-0.15, -0.1) is 0 Å². The molecular formula is C13H25NO. The van der Waals surface area contributed by atoms with Crippen LogP contribution in [-0.2, 0) is 4.79 Å². The van der Waals surface area contributed by atoms with Gasteiger partial charge in [0.15, 0.2) is 0 Å². The Bertz CT molecular complexity index is 203. The molecule has 0 aromatic carbocycles. The zero-order chi connectivity index (χ0) is 11.4. The van der Waals surface area contributed by atoms with Crippen LogP contribution in [-0.4, -0.2) is 23.9 Å². The van der Waals surface area contributed by atoms with Gasteiger partial charge in [-0.3, -0.25) is 4.79 Å². The van der Waals surface area contributed by atoms with Crippen LogP contribution in [0.4, 0.5) is 0 Å². The van der Waals surface area contributed by atoms with E-state index in [-0.39, 0.29) is 5.92 Å². The van der Waals surface area contributed by atoms with Crippen LogP contribution in [0.3, 0.4) is 0 Å². The van der Waals surface area contributed by atoms with Gasteiger partial charge in [0.1, 0.15) is 0 Å². The third-order valence-electron chi connectivity index (χ3n) is 3.22. The van der Waals surface area contributed by atoms with Crippen molar-refractivity contribution in [3.8, 4) is 0 Å². The number of hydrogen-bond acceptors (Lipinski definition) is 1. The lowest BCUT2D eigenvalue weighted by Crippen LogP contribution is -2.40. The SMILES string of the molecule is CC(C)CC1CCN(C(=O)C(C)C)CC1. The number of piperidine rings is 1.